The largest absolute Gasteiger partial charge is 0.458 e. The van der Waals surface area contributed by atoms with Crippen LogP contribution in [0.25, 0.3) is 0 Å². The normalized spacial score (nSPS) is 14.2. The van der Waals surface area contributed by atoms with Crippen LogP contribution in [0.5, 0.6) is 23.0 Å². The monoisotopic (exact) mass is 473 g/mol. The lowest BCUT2D eigenvalue weighted by Crippen LogP contribution is -2.58. The first-order valence-electron chi connectivity index (χ1n) is 12.7. The molecule has 0 fully saturated rings. The molecule has 0 radical (unpaired) electrons. The zero-order valence-electron chi connectivity index (χ0n) is 21.9. The highest BCUT2D eigenvalue weighted by Gasteiger charge is 2.44. The van der Waals surface area contributed by atoms with Gasteiger partial charge in [0.1, 0.15) is 23.0 Å². The molecule has 0 aliphatic carbocycles. The van der Waals surface area contributed by atoms with Crippen LogP contribution in [0.3, 0.4) is 0 Å². The fraction of sp³-hybridized carbons (Fsp3) is 0.250. The number of ether oxygens (including phenoxy) is 2. The molecule has 3 nitrogen and oxygen atoms in total. The molecule has 4 heteroatoms. The molecule has 0 saturated carbocycles. The van der Waals surface area contributed by atoms with E-state index in [0.29, 0.717) is 0 Å². The molecular weight excluding hydrogens is 441 g/mol. The van der Waals surface area contributed by atoms with Crippen LogP contribution in [0.2, 0.25) is 0 Å². The van der Waals surface area contributed by atoms with Gasteiger partial charge in [-0.3, -0.25) is 0 Å². The summed E-state index contributed by atoms with van der Waals surface area (Å²) >= 11 is 0. The molecule has 0 aromatic heterocycles. The predicted molar refractivity (Wildman–Crippen MR) is 150 cm³/mol. The Morgan fingerprint density at radius 1 is 0.500 bits per heavy atom. The van der Waals surface area contributed by atoms with E-state index in [1.54, 1.807) is 0 Å². The lowest BCUT2D eigenvalue weighted by Gasteiger charge is -2.44. The van der Waals surface area contributed by atoms with Crippen molar-refractivity contribution in [1.29, 1.82) is 0 Å². The lowest BCUT2D eigenvalue weighted by molar-refractivity contribution is 0.468. The van der Waals surface area contributed by atoms with Crippen molar-refractivity contribution in [2.75, 3.05) is 4.81 Å². The summed E-state index contributed by atoms with van der Waals surface area (Å²) in [5.41, 5.74) is 6.93. The van der Waals surface area contributed by atoms with Crippen molar-refractivity contribution in [3.8, 4) is 23.0 Å². The number of benzene rings is 4. The first-order valence-corrected chi connectivity index (χ1v) is 12.7. The Morgan fingerprint density at radius 2 is 0.889 bits per heavy atom. The molecule has 0 spiro atoms. The Hall–Kier alpha value is -3.66. The third-order valence-corrected chi connectivity index (χ3v) is 7.22. The van der Waals surface area contributed by atoms with Gasteiger partial charge in [0.15, 0.2) is 0 Å². The maximum Gasteiger partial charge on any atom is 0.335 e. The van der Waals surface area contributed by atoms with Crippen molar-refractivity contribution >= 4 is 29.1 Å². The highest BCUT2D eigenvalue weighted by Crippen LogP contribution is 2.54. The van der Waals surface area contributed by atoms with Gasteiger partial charge in [-0.25, -0.2) is 0 Å². The van der Waals surface area contributed by atoms with E-state index in [0.717, 1.165) is 45.3 Å². The summed E-state index contributed by atoms with van der Waals surface area (Å²) in [4.78, 5) is 2.54. The highest BCUT2D eigenvalue weighted by molar-refractivity contribution is 6.90. The van der Waals surface area contributed by atoms with Crippen molar-refractivity contribution in [3.05, 3.63) is 96.1 Å². The zero-order valence-corrected chi connectivity index (χ0v) is 21.9. The zero-order chi connectivity index (χ0) is 25.2. The Morgan fingerprint density at radius 3 is 1.33 bits per heavy atom. The Kier molecular flexibility index (Phi) is 5.02. The van der Waals surface area contributed by atoms with Crippen LogP contribution in [-0.4, -0.2) is 6.85 Å². The van der Waals surface area contributed by atoms with E-state index in [1.165, 1.54) is 11.1 Å². The van der Waals surface area contributed by atoms with Gasteiger partial charge in [0.05, 0.1) is 11.4 Å². The van der Waals surface area contributed by atoms with Crippen LogP contribution in [-0.2, 0) is 10.8 Å². The number of anilines is 2. The van der Waals surface area contributed by atoms with Gasteiger partial charge in [-0.2, -0.15) is 0 Å². The standard InChI is InChI=1S/C32H32BNO2/c1-31(2,3)21-13-11-19-27-29(21)34(30-22(32(4,5)6)14-12-20-28(30)36-27)33-23-15-7-9-17-25(23)35-26-18-10-8-16-24(26)33/h7-20H,1-6H3. The van der Waals surface area contributed by atoms with Crippen LogP contribution in [0, 0.1) is 0 Å². The fourth-order valence-corrected chi connectivity index (χ4v) is 5.57. The molecule has 36 heavy (non-hydrogen) atoms. The van der Waals surface area contributed by atoms with E-state index in [4.69, 9.17) is 9.47 Å². The summed E-state index contributed by atoms with van der Waals surface area (Å²) in [7, 11) is 0. The molecule has 4 aromatic rings. The van der Waals surface area contributed by atoms with Gasteiger partial charge < -0.3 is 14.3 Å². The van der Waals surface area contributed by atoms with Crippen LogP contribution in [0.1, 0.15) is 52.7 Å². The summed E-state index contributed by atoms with van der Waals surface area (Å²) in [6, 6.07) is 29.8. The van der Waals surface area contributed by atoms with Crippen molar-refractivity contribution in [2.45, 2.75) is 52.4 Å². The molecule has 6 rings (SSSR count). The first-order chi connectivity index (χ1) is 17.1. The van der Waals surface area contributed by atoms with Gasteiger partial charge in [-0.05, 0) is 57.1 Å². The molecule has 0 saturated heterocycles. The third kappa shape index (κ3) is 3.50. The predicted octanol–water partition coefficient (Wildman–Crippen LogP) is 7.44. The number of hydrogen-bond donors (Lipinski definition) is 0. The smallest absolute Gasteiger partial charge is 0.335 e. The lowest BCUT2D eigenvalue weighted by atomic mass is 9.47. The van der Waals surface area contributed by atoms with Crippen molar-refractivity contribution in [1.82, 2.24) is 0 Å². The molecule has 2 heterocycles. The molecule has 2 aliphatic heterocycles. The maximum absolute atomic E-state index is 6.67. The Balaban J connectivity index is 1.74. The summed E-state index contributed by atoms with van der Waals surface area (Å²) in [6.07, 6.45) is 0. The molecule has 0 unspecified atom stereocenters. The number of hydrogen-bond acceptors (Lipinski definition) is 3. The molecule has 0 atom stereocenters. The van der Waals surface area contributed by atoms with Gasteiger partial charge >= 0.3 is 6.85 Å². The maximum atomic E-state index is 6.67. The van der Waals surface area contributed by atoms with Gasteiger partial charge in [0, 0.05) is 0 Å². The van der Waals surface area contributed by atoms with Crippen molar-refractivity contribution in [3.63, 3.8) is 0 Å². The van der Waals surface area contributed by atoms with E-state index in [1.807, 2.05) is 12.1 Å². The fourth-order valence-electron chi connectivity index (χ4n) is 5.57. The minimum atomic E-state index is -0.0780. The van der Waals surface area contributed by atoms with E-state index < -0.39 is 0 Å². The number of rotatable bonds is 1. The molecule has 4 aromatic carbocycles. The van der Waals surface area contributed by atoms with E-state index in [-0.39, 0.29) is 17.7 Å². The summed E-state index contributed by atoms with van der Waals surface area (Å²) in [6.45, 7) is 13.6. The molecule has 0 N–H and O–H groups in total. The van der Waals surface area contributed by atoms with Crippen LogP contribution in [0.4, 0.5) is 11.4 Å². The van der Waals surface area contributed by atoms with Gasteiger partial charge in [0.25, 0.3) is 0 Å². The van der Waals surface area contributed by atoms with E-state index >= 15 is 0 Å². The third-order valence-electron chi connectivity index (χ3n) is 7.22. The molecule has 2 aliphatic rings. The van der Waals surface area contributed by atoms with Crippen LogP contribution < -0.4 is 25.2 Å². The first kappa shape index (κ1) is 22.8. The molecule has 0 amide bonds. The second-order valence-electron chi connectivity index (χ2n) is 11.9. The minimum absolute atomic E-state index is 0.0699. The average molecular weight is 473 g/mol. The Labute approximate surface area is 214 Å². The minimum Gasteiger partial charge on any atom is -0.458 e. The average Bonchev–Trinajstić information content (AvgIpc) is 2.84. The second-order valence-corrected chi connectivity index (χ2v) is 11.9. The highest BCUT2D eigenvalue weighted by atomic mass is 16.5. The van der Waals surface area contributed by atoms with Gasteiger partial charge in [-0.1, -0.05) is 102 Å². The van der Waals surface area contributed by atoms with Gasteiger partial charge in [-0.15, -0.1) is 0 Å². The van der Waals surface area contributed by atoms with E-state index in [2.05, 4.69) is 119 Å². The van der Waals surface area contributed by atoms with Gasteiger partial charge in [0.2, 0.25) is 0 Å². The van der Waals surface area contributed by atoms with Crippen molar-refractivity contribution < 1.29 is 9.47 Å². The topological polar surface area (TPSA) is 21.7 Å². The van der Waals surface area contributed by atoms with Crippen molar-refractivity contribution in [2.24, 2.45) is 0 Å². The SMILES string of the molecule is CC(C)(C)c1cccc2c1N(B1c3ccccc3Oc3ccccc31)c1c(cccc1C(C)(C)C)O2. The number of nitrogens with zero attached hydrogens (tertiary/aromatic N) is 1. The summed E-state index contributed by atoms with van der Waals surface area (Å²) in [5, 5.41) is 0. The molecule has 180 valence electrons. The number of fused-ring (bicyclic) bond motifs is 4. The summed E-state index contributed by atoms with van der Waals surface area (Å²) < 4.78 is 13.1. The number of para-hydroxylation sites is 4. The van der Waals surface area contributed by atoms with E-state index in [9.17, 15) is 0 Å². The molecular formula is C32H32BNO2. The quantitative estimate of drug-likeness (QED) is 0.268. The van der Waals surface area contributed by atoms with Crippen LogP contribution in [0.15, 0.2) is 84.9 Å². The Bertz CT molecular complexity index is 1370. The molecule has 0 bridgehead atoms. The second kappa shape index (κ2) is 7.93. The summed E-state index contributed by atoms with van der Waals surface area (Å²) in [5.74, 6) is 3.58. The van der Waals surface area contributed by atoms with Crippen LogP contribution >= 0.6 is 0 Å².